The van der Waals surface area contributed by atoms with Gasteiger partial charge in [-0.25, -0.2) is 4.98 Å². The number of H-pyrrole nitrogens is 1. The number of unbranched alkanes of at least 4 members (excludes halogenated alkanes) is 6. The molecule has 1 heterocycles. The van der Waals surface area contributed by atoms with Crippen molar-refractivity contribution in [2.24, 2.45) is 0 Å². The number of nitrogens with zero attached hydrogens (tertiary/aromatic N) is 3. The third-order valence-corrected chi connectivity index (χ3v) is 7.21. The Morgan fingerprint density at radius 3 is 2.59 bits per heavy atom. The number of hydrogen-bond donors (Lipinski definition) is 1. The minimum absolute atomic E-state index is 0.00783. The fraction of sp³-hybridized carbons (Fsp3) is 0.375. The van der Waals surface area contributed by atoms with Crippen LogP contribution in [0.4, 0.5) is 0 Å². The molecule has 202 valence electrons. The van der Waals surface area contributed by atoms with Crippen LogP contribution in [-0.2, 0) is 6.42 Å². The van der Waals surface area contributed by atoms with Crippen molar-refractivity contribution in [2.45, 2.75) is 69.9 Å². The highest BCUT2D eigenvalue weighted by atomic mass is 32.2. The van der Waals surface area contributed by atoms with Crippen molar-refractivity contribution in [1.82, 2.24) is 9.97 Å². The van der Waals surface area contributed by atoms with E-state index in [4.69, 9.17) is 4.74 Å². The Labute approximate surface area is 235 Å². The fourth-order valence-electron chi connectivity index (χ4n) is 4.12. The van der Waals surface area contributed by atoms with E-state index in [0.717, 1.165) is 57.3 Å². The van der Waals surface area contributed by atoms with Crippen LogP contribution in [0.5, 0.6) is 5.75 Å². The van der Waals surface area contributed by atoms with E-state index >= 15 is 0 Å². The minimum atomic E-state index is -0.468. The van der Waals surface area contributed by atoms with Gasteiger partial charge in [0.05, 0.1) is 18.4 Å². The number of thioether (sulfide) groups is 1. The largest absolute Gasteiger partial charge is 0.494 e. The van der Waals surface area contributed by atoms with Crippen molar-refractivity contribution in [1.29, 1.82) is 10.5 Å². The van der Waals surface area contributed by atoms with Gasteiger partial charge in [0.1, 0.15) is 17.4 Å². The van der Waals surface area contributed by atoms with Crippen molar-refractivity contribution < 1.29 is 4.74 Å². The Kier molecular flexibility index (Phi) is 12.9. The summed E-state index contributed by atoms with van der Waals surface area (Å²) >= 11 is 1.30. The maximum Gasteiger partial charge on any atom is 0.270 e. The topological polar surface area (TPSA) is 103 Å². The zero-order chi connectivity index (χ0) is 27.7. The standard InChI is InChI=1S/C32H36N4O2S/c1-2-3-20-38-28-19-13-16-25(21-28)14-9-6-4-5-7-10-15-26(22-33)24-39-32-35-30(27-17-11-8-12-18-27)29(23-34)31(37)36-32/h8,11-13,15-19,21H,2-7,9-10,14,20,24H2,1H3,(H,35,36,37)/b26-15+. The first kappa shape index (κ1) is 29.7. The van der Waals surface area contributed by atoms with Crippen molar-refractivity contribution in [3.05, 3.63) is 87.7 Å². The number of nitrogens with one attached hydrogen (secondary N) is 1. The molecule has 7 heteroatoms. The average molecular weight is 541 g/mol. The summed E-state index contributed by atoms with van der Waals surface area (Å²) in [4.78, 5) is 19.6. The molecule has 3 rings (SSSR count). The molecule has 3 aromatic rings. The molecule has 0 aliphatic rings. The van der Waals surface area contributed by atoms with Crippen molar-refractivity contribution >= 4 is 11.8 Å². The molecule has 1 N–H and O–H groups in total. The normalized spacial score (nSPS) is 11.1. The Balaban J connectivity index is 1.39. The summed E-state index contributed by atoms with van der Waals surface area (Å²) in [6, 6.07) is 21.8. The van der Waals surface area contributed by atoms with Crippen molar-refractivity contribution in [2.75, 3.05) is 12.4 Å². The van der Waals surface area contributed by atoms with Gasteiger partial charge in [-0.2, -0.15) is 10.5 Å². The molecule has 0 saturated heterocycles. The molecule has 0 bridgehead atoms. The van der Waals surface area contributed by atoms with Crippen LogP contribution in [0.1, 0.15) is 69.4 Å². The predicted molar refractivity (Wildman–Crippen MR) is 158 cm³/mol. The molecule has 0 unspecified atom stereocenters. The van der Waals surface area contributed by atoms with E-state index in [1.807, 2.05) is 48.5 Å². The molecule has 39 heavy (non-hydrogen) atoms. The molecule has 0 spiro atoms. The SMILES string of the molecule is CCCCOc1cccc(CCCCCCC/C=C(\C#N)CSc2nc(-c3ccccc3)c(C#N)c(=O)[nH]2)c1. The molecule has 0 aliphatic heterocycles. The lowest BCUT2D eigenvalue weighted by Crippen LogP contribution is -2.14. The summed E-state index contributed by atoms with van der Waals surface area (Å²) in [5.41, 5.74) is 2.59. The molecule has 0 aliphatic carbocycles. The number of aryl methyl sites for hydroxylation is 1. The number of benzene rings is 2. The van der Waals surface area contributed by atoms with Crippen LogP contribution in [0.2, 0.25) is 0 Å². The molecule has 6 nitrogen and oxygen atoms in total. The smallest absolute Gasteiger partial charge is 0.270 e. The highest BCUT2D eigenvalue weighted by molar-refractivity contribution is 7.99. The van der Waals surface area contributed by atoms with Crippen LogP contribution < -0.4 is 10.3 Å². The van der Waals surface area contributed by atoms with E-state index in [9.17, 15) is 15.3 Å². The first-order valence-electron chi connectivity index (χ1n) is 13.7. The molecule has 0 amide bonds. The van der Waals surface area contributed by atoms with Gasteiger partial charge in [-0.15, -0.1) is 0 Å². The second-order valence-corrected chi connectivity index (χ2v) is 10.3. The molecular formula is C32H36N4O2S. The quantitative estimate of drug-likeness (QED) is 0.0868. The van der Waals surface area contributed by atoms with Crippen LogP contribution in [0, 0.1) is 22.7 Å². The fourth-order valence-corrected chi connectivity index (χ4v) is 4.91. The first-order valence-corrected chi connectivity index (χ1v) is 14.7. The zero-order valence-electron chi connectivity index (χ0n) is 22.6. The number of nitriles is 2. The summed E-state index contributed by atoms with van der Waals surface area (Å²) in [6.07, 6.45) is 11.8. The lowest BCUT2D eigenvalue weighted by molar-refractivity contribution is 0.309. The van der Waals surface area contributed by atoms with E-state index in [-0.39, 0.29) is 5.56 Å². The maximum atomic E-state index is 12.4. The Hall–Kier alpha value is -3.81. The van der Waals surface area contributed by atoms with Crippen LogP contribution in [0.15, 0.2) is 76.2 Å². The van der Waals surface area contributed by atoms with Gasteiger partial charge < -0.3 is 9.72 Å². The average Bonchev–Trinajstić information content (AvgIpc) is 2.96. The van der Waals surface area contributed by atoms with Crippen molar-refractivity contribution in [3.8, 4) is 29.1 Å². The number of rotatable bonds is 16. The van der Waals surface area contributed by atoms with Gasteiger partial charge in [-0.1, -0.05) is 92.9 Å². The van der Waals surface area contributed by atoms with E-state index in [1.54, 1.807) is 0 Å². The van der Waals surface area contributed by atoms with Crippen molar-refractivity contribution in [3.63, 3.8) is 0 Å². The summed E-state index contributed by atoms with van der Waals surface area (Å²) in [5.74, 6) is 1.39. The number of ether oxygens (including phenoxy) is 1. The maximum absolute atomic E-state index is 12.4. The first-order chi connectivity index (χ1) is 19.1. The van der Waals surface area contributed by atoms with Gasteiger partial charge in [0.15, 0.2) is 5.16 Å². The third-order valence-electron chi connectivity index (χ3n) is 6.29. The number of hydrogen-bond acceptors (Lipinski definition) is 6. The molecule has 0 saturated carbocycles. The lowest BCUT2D eigenvalue weighted by atomic mass is 10.0. The molecule has 0 fully saturated rings. The summed E-state index contributed by atoms with van der Waals surface area (Å²) < 4.78 is 5.81. The van der Waals surface area contributed by atoms with Crippen LogP contribution in [-0.4, -0.2) is 22.3 Å². The molecule has 0 atom stereocenters. The summed E-state index contributed by atoms with van der Waals surface area (Å²) in [6.45, 7) is 2.95. The number of aromatic amines is 1. The van der Waals surface area contributed by atoms with Crippen LogP contribution in [0.3, 0.4) is 0 Å². The van der Waals surface area contributed by atoms with E-state index in [0.29, 0.717) is 27.7 Å². The van der Waals surface area contributed by atoms with E-state index in [2.05, 4.69) is 41.2 Å². The van der Waals surface area contributed by atoms with Crippen LogP contribution in [0.25, 0.3) is 11.3 Å². The van der Waals surface area contributed by atoms with Gasteiger partial charge in [0.2, 0.25) is 0 Å². The second kappa shape index (κ2) is 16.9. The lowest BCUT2D eigenvalue weighted by Gasteiger charge is -2.07. The van der Waals surface area contributed by atoms with Gasteiger partial charge in [-0.05, 0) is 49.8 Å². The van der Waals surface area contributed by atoms with E-state index in [1.165, 1.54) is 30.2 Å². The zero-order valence-corrected chi connectivity index (χ0v) is 23.4. The van der Waals surface area contributed by atoms with Gasteiger partial charge in [0.25, 0.3) is 5.56 Å². The third kappa shape index (κ3) is 10.1. The Bertz CT molecular complexity index is 1350. The highest BCUT2D eigenvalue weighted by Crippen LogP contribution is 2.23. The highest BCUT2D eigenvalue weighted by Gasteiger charge is 2.13. The minimum Gasteiger partial charge on any atom is -0.494 e. The molecular weight excluding hydrogens is 504 g/mol. The predicted octanol–water partition coefficient (Wildman–Crippen LogP) is 7.61. The van der Waals surface area contributed by atoms with Crippen LogP contribution >= 0.6 is 11.8 Å². The molecule has 0 radical (unpaired) electrons. The number of aromatic nitrogens is 2. The number of allylic oxidation sites excluding steroid dienone is 1. The summed E-state index contributed by atoms with van der Waals surface area (Å²) in [5, 5.41) is 19.4. The molecule has 1 aromatic heterocycles. The second-order valence-electron chi connectivity index (χ2n) is 9.36. The molecule has 2 aromatic carbocycles. The monoisotopic (exact) mass is 540 g/mol. The van der Waals surface area contributed by atoms with Gasteiger partial charge in [0, 0.05) is 16.9 Å². The van der Waals surface area contributed by atoms with Gasteiger partial charge in [-0.3, -0.25) is 4.79 Å². The van der Waals surface area contributed by atoms with E-state index < -0.39 is 5.56 Å². The Morgan fingerprint density at radius 2 is 1.82 bits per heavy atom. The Morgan fingerprint density at radius 1 is 1.03 bits per heavy atom. The van der Waals surface area contributed by atoms with Gasteiger partial charge >= 0.3 is 0 Å². The summed E-state index contributed by atoms with van der Waals surface area (Å²) in [7, 11) is 0.